The van der Waals surface area contributed by atoms with Gasteiger partial charge in [-0.25, -0.2) is 0 Å². The largest absolute Gasteiger partial charge is 0.369 e. The summed E-state index contributed by atoms with van der Waals surface area (Å²) in [4.78, 5) is 33.1. The fourth-order valence-electron chi connectivity index (χ4n) is 1.26. The molecule has 0 heterocycles. The second kappa shape index (κ2) is 8.64. The lowest BCUT2D eigenvalue weighted by atomic mass is 9.95. The van der Waals surface area contributed by atoms with E-state index in [0.717, 1.165) is 0 Å². The van der Waals surface area contributed by atoms with E-state index in [1.807, 2.05) is 0 Å². The Hall–Kier alpha value is -0.490. The summed E-state index contributed by atoms with van der Waals surface area (Å²) in [6.07, 6.45) is 1.36. The van der Waals surface area contributed by atoms with Crippen molar-refractivity contribution in [2.45, 2.75) is 25.7 Å². The summed E-state index contributed by atoms with van der Waals surface area (Å²) in [6.45, 7) is 0. The molecule has 0 aromatic heterocycles. The van der Waals surface area contributed by atoms with Crippen LogP contribution < -0.4 is 5.73 Å². The van der Waals surface area contributed by atoms with Crippen LogP contribution in [0.1, 0.15) is 25.7 Å². The first-order chi connectivity index (χ1) is 7.51. The maximum Gasteiger partial charge on any atom is 0.220 e. The van der Waals surface area contributed by atoms with Crippen molar-refractivity contribution >= 4 is 42.7 Å². The van der Waals surface area contributed by atoms with Crippen LogP contribution >= 0.6 is 25.3 Å². The van der Waals surface area contributed by atoms with Crippen molar-refractivity contribution in [3.8, 4) is 0 Å². The Bertz CT molecular complexity index is 249. The third-order valence-electron chi connectivity index (χ3n) is 2.30. The van der Waals surface area contributed by atoms with Crippen LogP contribution in [-0.4, -0.2) is 29.0 Å². The second-order valence-electron chi connectivity index (χ2n) is 3.57. The number of hydrogen-bond donors (Lipinski definition) is 3. The quantitative estimate of drug-likeness (QED) is 0.534. The maximum absolute atomic E-state index is 11.1. The zero-order chi connectivity index (χ0) is 12.6. The molecule has 0 saturated heterocycles. The Morgan fingerprint density at radius 3 is 1.56 bits per heavy atom. The average Bonchev–Trinajstić information content (AvgIpc) is 2.27. The number of ketones is 2. The zero-order valence-electron chi connectivity index (χ0n) is 9.02. The first-order valence-electron chi connectivity index (χ1n) is 5.05. The molecule has 16 heavy (non-hydrogen) atoms. The standard InChI is InChI=1S/C10H17NO3S2/c11-10(14)7(1-3-8(12)5-15)2-4-9(13)6-16/h7,15-16H,1-6H2,(H2,11,14). The van der Waals surface area contributed by atoms with E-state index in [1.54, 1.807) is 0 Å². The van der Waals surface area contributed by atoms with Gasteiger partial charge in [0.15, 0.2) is 0 Å². The number of thiol groups is 2. The molecule has 0 saturated carbocycles. The van der Waals surface area contributed by atoms with Crippen molar-refractivity contribution < 1.29 is 14.4 Å². The molecule has 0 atom stereocenters. The molecule has 0 aliphatic heterocycles. The molecular weight excluding hydrogens is 246 g/mol. The van der Waals surface area contributed by atoms with E-state index in [-0.39, 0.29) is 35.9 Å². The van der Waals surface area contributed by atoms with E-state index in [1.165, 1.54) is 0 Å². The number of rotatable bonds is 9. The summed E-state index contributed by atoms with van der Waals surface area (Å²) < 4.78 is 0. The molecule has 0 aromatic rings. The molecular formula is C10H17NO3S2. The second-order valence-corrected chi connectivity index (χ2v) is 4.20. The molecule has 4 nitrogen and oxygen atoms in total. The van der Waals surface area contributed by atoms with Gasteiger partial charge >= 0.3 is 0 Å². The van der Waals surface area contributed by atoms with Gasteiger partial charge in [-0.2, -0.15) is 25.3 Å². The molecule has 6 heteroatoms. The monoisotopic (exact) mass is 263 g/mol. The van der Waals surface area contributed by atoms with E-state index in [2.05, 4.69) is 25.3 Å². The molecule has 0 aromatic carbocycles. The van der Waals surface area contributed by atoms with Gasteiger partial charge in [0, 0.05) is 30.3 Å². The number of Topliss-reactive ketones (excluding diaryl/α,β-unsaturated/α-hetero) is 2. The van der Waals surface area contributed by atoms with E-state index < -0.39 is 11.8 Å². The molecule has 0 aliphatic carbocycles. The van der Waals surface area contributed by atoms with Crippen LogP contribution in [0.5, 0.6) is 0 Å². The molecule has 0 bridgehead atoms. The highest BCUT2D eigenvalue weighted by molar-refractivity contribution is 7.81. The van der Waals surface area contributed by atoms with Crippen LogP contribution in [0, 0.1) is 5.92 Å². The Kier molecular flexibility index (Phi) is 8.37. The van der Waals surface area contributed by atoms with Crippen molar-refractivity contribution in [1.82, 2.24) is 0 Å². The molecule has 92 valence electrons. The summed E-state index contributed by atoms with van der Waals surface area (Å²) >= 11 is 7.68. The molecule has 0 unspecified atom stereocenters. The van der Waals surface area contributed by atoms with Gasteiger partial charge in [0.05, 0.1) is 0 Å². The number of carbonyl (C=O) groups excluding carboxylic acids is 3. The highest BCUT2D eigenvalue weighted by Crippen LogP contribution is 2.14. The van der Waals surface area contributed by atoms with Gasteiger partial charge in [-0.3, -0.25) is 14.4 Å². The van der Waals surface area contributed by atoms with Crippen molar-refractivity contribution in [2.75, 3.05) is 11.5 Å². The molecule has 0 rings (SSSR count). The van der Waals surface area contributed by atoms with E-state index in [0.29, 0.717) is 12.8 Å². The summed E-state index contributed by atoms with van der Waals surface area (Å²) in [6, 6.07) is 0. The molecule has 1 amide bonds. The predicted octanol–water partition coefficient (Wildman–Crippen LogP) is 0.646. The highest BCUT2D eigenvalue weighted by Gasteiger charge is 2.17. The average molecular weight is 263 g/mol. The topological polar surface area (TPSA) is 77.2 Å². The number of amides is 1. The predicted molar refractivity (Wildman–Crippen MR) is 68.9 cm³/mol. The van der Waals surface area contributed by atoms with Crippen LogP contribution in [0.3, 0.4) is 0 Å². The third-order valence-corrected chi connectivity index (χ3v) is 3.00. The number of primary amides is 1. The smallest absolute Gasteiger partial charge is 0.220 e. The lowest BCUT2D eigenvalue weighted by molar-refractivity contribution is -0.123. The van der Waals surface area contributed by atoms with E-state index in [4.69, 9.17) is 5.73 Å². The Balaban J connectivity index is 4.03. The minimum atomic E-state index is -0.459. The van der Waals surface area contributed by atoms with Gasteiger partial charge in [0.2, 0.25) is 5.91 Å². The fraction of sp³-hybridized carbons (Fsp3) is 0.700. The third kappa shape index (κ3) is 6.90. The molecule has 0 spiro atoms. The minimum Gasteiger partial charge on any atom is -0.369 e. The van der Waals surface area contributed by atoms with Gasteiger partial charge in [-0.15, -0.1) is 0 Å². The van der Waals surface area contributed by atoms with Gasteiger partial charge < -0.3 is 5.73 Å². The van der Waals surface area contributed by atoms with Crippen LogP contribution in [-0.2, 0) is 14.4 Å². The highest BCUT2D eigenvalue weighted by atomic mass is 32.1. The van der Waals surface area contributed by atoms with Crippen LogP contribution in [0.2, 0.25) is 0 Å². The molecule has 0 fully saturated rings. The SMILES string of the molecule is NC(=O)C(CCC(=O)CS)CCC(=O)CS. The van der Waals surface area contributed by atoms with Crippen molar-refractivity contribution in [3.05, 3.63) is 0 Å². The lowest BCUT2D eigenvalue weighted by Crippen LogP contribution is -2.25. The van der Waals surface area contributed by atoms with Crippen LogP contribution in [0.4, 0.5) is 0 Å². The van der Waals surface area contributed by atoms with Crippen molar-refractivity contribution in [3.63, 3.8) is 0 Å². The number of carbonyl (C=O) groups is 3. The van der Waals surface area contributed by atoms with Gasteiger partial charge in [-0.1, -0.05) is 0 Å². The van der Waals surface area contributed by atoms with Gasteiger partial charge in [0.25, 0.3) is 0 Å². The van der Waals surface area contributed by atoms with Crippen LogP contribution in [0.25, 0.3) is 0 Å². The minimum absolute atomic E-state index is 0.0184. The lowest BCUT2D eigenvalue weighted by Gasteiger charge is -2.11. The van der Waals surface area contributed by atoms with Crippen molar-refractivity contribution in [2.24, 2.45) is 11.7 Å². The van der Waals surface area contributed by atoms with Crippen molar-refractivity contribution in [1.29, 1.82) is 0 Å². The Labute approximate surface area is 106 Å². The first kappa shape index (κ1) is 15.5. The number of nitrogens with two attached hydrogens (primary N) is 1. The molecule has 0 aliphatic rings. The number of hydrogen-bond acceptors (Lipinski definition) is 5. The fourth-order valence-corrected chi connectivity index (χ4v) is 1.57. The zero-order valence-corrected chi connectivity index (χ0v) is 10.8. The Morgan fingerprint density at radius 1 is 0.938 bits per heavy atom. The van der Waals surface area contributed by atoms with Gasteiger partial charge in [0.1, 0.15) is 11.6 Å². The summed E-state index contributed by atoms with van der Waals surface area (Å²) in [7, 11) is 0. The summed E-state index contributed by atoms with van der Waals surface area (Å²) in [5.74, 6) is -0.570. The van der Waals surface area contributed by atoms with E-state index in [9.17, 15) is 14.4 Å². The molecule has 2 N–H and O–H groups in total. The Morgan fingerprint density at radius 2 is 1.31 bits per heavy atom. The first-order valence-corrected chi connectivity index (χ1v) is 6.32. The van der Waals surface area contributed by atoms with Crippen LogP contribution in [0.15, 0.2) is 0 Å². The van der Waals surface area contributed by atoms with E-state index >= 15 is 0 Å². The summed E-state index contributed by atoms with van der Waals surface area (Å²) in [5, 5.41) is 0. The normalized spacial score (nSPS) is 10.4. The summed E-state index contributed by atoms with van der Waals surface area (Å²) in [5.41, 5.74) is 5.19. The van der Waals surface area contributed by atoms with Gasteiger partial charge in [-0.05, 0) is 12.8 Å². The maximum atomic E-state index is 11.1. The molecule has 0 radical (unpaired) electrons.